The molecule has 1 aromatic heterocycles. The fourth-order valence-electron chi connectivity index (χ4n) is 2.30. The van der Waals surface area contributed by atoms with E-state index in [2.05, 4.69) is 22.7 Å². The van der Waals surface area contributed by atoms with Crippen LogP contribution in [0.25, 0.3) is 0 Å². The average molecular weight is 286 g/mol. The van der Waals surface area contributed by atoms with Crippen molar-refractivity contribution in [3.8, 4) is 0 Å². The number of aryl methyl sites for hydroxylation is 2. The first kappa shape index (κ1) is 15.1. The van der Waals surface area contributed by atoms with Crippen LogP contribution in [0.15, 0.2) is 36.4 Å². The van der Waals surface area contributed by atoms with Gasteiger partial charge in [-0.1, -0.05) is 37.3 Å². The fourth-order valence-corrected chi connectivity index (χ4v) is 2.30. The SMILES string of the molecule is CCC(C)(NC(=O)Nc1cc(C)nn1C)c1ccccc1. The zero-order valence-electron chi connectivity index (χ0n) is 13.0. The largest absolute Gasteiger partial charge is 0.329 e. The van der Waals surface area contributed by atoms with Gasteiger partial charge in [-0.05, 0) is 25.8 Å². The molecule has 0 saturated heterocycles. The molecule has 2 aromatic rings. The van der Waals surface area contributed by atoms with Gasteiger partial charge in [0.1, 0.15) is 5.82 Å². The van der Waals surface area contributed by atoms with Gasteiger partial charge in [-0.3, -0.25) is 10.00 Å². The minimum atomic E-state index is -0.404. The van der Waals surface area contributed by atoms with Gasteiger partial charge in [0.25, 0.3) is 0 Å². The van der Waals surface area contributed by atoms with Gasteiger partial charge in [0, 0.05) is 13.1 Å². The molecule has 2 amide bonds. The number of anilines is 1. The Morgan fingerprint density at radius 2 is 2.00 bits per heavy atom. The highest BCUT2D eigenvalue weighted by atomic mass is 16.2. The maximum atomic E-state index is 12.3. The Balaban J connectivity index is 2.11. The summed E-state index contributed by atoms with van der Waals surface area (Å²) in [5.74, 6) is 0.677. The summed E-state index contributed by atoms with van der Waals surface area (Å²) >= 11 is 0. The van der Waals surface area contributed by atoms with E-state index in [-0.39, 0.29) is 6.03 Å². The maximum absolute atomic E-state index is 12.3. The van der Waals surface area contributed by atoms with Crippen LogP contribution in [0.2, 0.25) is 0 Å². The van der Waals surface area contributed by atoms with E-state index >= 15 is 0 Å². The monoisotopic (exact) mass is 286 g/mol. The summed E-state index contributed by atoms with van der Waals surface area (Å²) in [6.45, 7) is 5.97. The first-order valence-corrected chi connectivity index (χ1v) is 7.10. The summed E-state index contributed by atoms with van der Waals surface area (Å²) in [4.78, 5) is 12.3. The fraction of sp³-hybridized carbons (Fsp3) is 0.375. The lowest BCUT2D eigenvalue weighted by atomic mass is 9.89. The number of urea groups is 1. The van der Waals surface area contributed by atoms with Crippen LogP contribution in [0, 0.1) is 6.92 Å². The first-order valence-electron chi connectivity index (χ1n) is 7.10. The van der Waals surface area contributed by atoms with Crippen LogP contribution in [0.3, 0.4) is 0 Å². The molecular formula is C16H22N4O. The van der Waals surface area contributed by atoms with Gasteiger partial charge in [0.15, 0.2) is 0 Å². The van der Waals surface area contributed by atoms with Crippen molar-refractivity contribution in [2.24, 2.45) is 7.05 Å². The lowest BCUT2D eigenvalue weighted by molar-refractivity contribution is 0.237. The molecule has 0 bridgehead atoms. The molecule has 5 heteroatoms. The van der Waals surface area contributed by atoms with E-state index in [0.717, 1.165) is 17.7 Å². The van der Waals surface area contributed by atoms with Gasteiger partial charge < -0.3 is 5.32 Å². The quantitative estimate of drug-likeness (QED) is 0.907. The molecule has 0 spiro atoms. The number of amides is 2. The van der Waals surface area contributed by atoms with Crippen molar-refractivity contribution >= 4 is 11.8 Å². The van der Waals surface area contributed by atoms with Gasteiger partial charge >= 0.3 is 6.03 Å². The zero-order valence-corrected chi connectivity index (χ0v) is 13.0. The molecule has 0 fully saturated rings. The van der Waals surface area contributed by atoms with Crippen molar-refractivity contribution < 1.29 is 4.79 Å². The average Bonchev–Trinajstić information content (AvgIpc) is 2.77. The maximum Gasteiger partial charge on any atom is 0.321 e. The summed E-state index contributed by atoms with van der Waals surface area (Å²) in [5.41, 5.74) is 1.55. The van der Waals surface area contributed by atoms with Gasteiger partial charge in [-0.25, -0.2) is 4.79 Å². The first-order chi connectivity index (χ1) is 9.94. The Bertz CT molecular complexity index is 620. The predicted octanol–water partition coefficient (Wildman–Crippen LogP) is 3.18. The molecule has 5 nitrogen and oxygen atoms in total. The molecule has 112 valence electrons. The third-order valence-electron chi connectivity index (χ3n) is 3.75. The Kier molecular flexibility index (Phi) is 4.31. The number of hydrogen-bond donors (Lipinski definition) is 2. The number of hydrogen-bond acceptors (Lipinski definition) is 2. The Morgan fingerprint density at radius 3 is 2.52 bits per heavy atom. The summed E-state index contributed by atoms with van der Waals surface area (Å²) in [6, 6.07) is 11.6. The van der Waals surface area contributed by atoms with Crippen LogP contribution in [-0.4, -0.2) is 15.8 Å². The number of nitrogens with one attached hydrogen (secondary N) is 2. The Hall–Kier alpha value is -2.30. The molecule has 1 aromatic carbocycles. The lowest BCUT2D eigenvalue weighted by Crippen LogP contribution is -2.45. The van der Waals surface area contributed by atoms with Crippen molar-refractivity contribution in [3.63, 3.8) is 0 Å². The zero-order chi connectivity index (χ0) is 15.5. The minimum absolute atomic E-state index is 0.230. The van der Waals surface area contributed by atoms with Gasteiger partial charge in [0.2, 0.25) is 0 Å². The van der Waals surface area contributed by atoms with E-state index in [4.69, 9.17) is 0 Å². The molecule has 2 rings (SSSR count). The van der Waals surface area contributed by atoms with E-state index < -0.39 is 5.54 Å². The number of rotatable bonds is 4. The van der Waals surface area contributed by atoms with E-state index in [1.807, 2.05) is 50.2 Å². The van der Waals surface area contributed by atoms with Crippen LogP contribution in [0.4, 0.5) is 10.6 Å². The van der Waals surface area contributed by atoms with E-state index in [9.17, 15) is 4.79 Å². The molecule has 1 heterocycles. The van der Waals surface area contributed by atoms with Crippen LogP contribution < -0.4 is 10.6 Å². The third-order valence-corrected chi connectivity index (χ3v) is 3.75. The number of carbonyl (C=O) groups excluding carboxylic acids is 1. The van der Waals surface area contributed by atoms with E-state index in [0.29, 0.717) is 5.82 Å². The highest BCUT2D eigenvalue weighted by Crippen LogP contribution is 2.24. The summed E-state index contributed by atoms with van der Waals surface area (Å²) < 4.78 is 1.65. The van der Waals surface area contributed by atoms with Crippen molar-refractivity contribution in [1.82, 2.24) is 15.1 Å². The second-order valence-electron chi connectivity index (χ2n) is 5.43. The minimum Gasteiger partial charge on any atom is -0.329 e. The van der Waals surface area contributed by atoms with Crippen molar-refractivity contribution in [3.05, 3.63) is 47.7 Å². The molecule has 0 aliphatic rings. The standard InChI is InChI=1S/C16H22N4O/c1-5-16(3,13-9-7-6-8-10-13)18-15(21)17-14-11-12(2)19-20(14)4/h6-11H,5H2,1-4H3,(H2,17,18,21). The molecular weight excluding hydrogens is 264 g/mol. The topological polar surface area (TPSA) is 59.0 Å². The summed E-state index contributed by atoms with van der Waals surface area (Å²) in [7, 11) is 1.80. The van der Waals surface area contributed by atoms with Crippen molar-refractivity contribution in [2.75, 3.05) is 5.32 Å². The highest BCUT2D eigenvalue weighted by molar-refractivity contribution is 5.89. The Morgan fingerprint density at radius 1 is 1.33 bits per heavy atom. The van der Waals surface area contributed by atoms with E-state index in [1.54, 1.807) is 11.7 Å². The van der Waals surface area contributed by atoms with Gasteiger partial charge in [-0.2, -0.15) is 5.10 Å². The predicted molar refractivity (Wildman–Crippen MR) is 84.2 cm³/mol. The molecule has 21 heavy (non-hydrogen) atoms. The number of benzene rings is 1. The molecule has 1 unspecified atom stereocenters. The van der Waals surface area contributed by atoms with Gasteiger partial charge in [0.05, 0.1) is 11.2 Å². The normalized spacial score (nSPS) is 13.5. The summed E-state index contributed by atoms with van der Waals surface area (Å²) in [5, 5.41) is 10.1. The number of carbonyl (C=O) groups is 1. The van der Waals surface area contributed by atoms with E-state index in [1.165, 1.54) is 0 Å². The summed E-state index contributed by atoms with van der Waals surface area (Å²) in [6.07, 6.45) is 0.800. The smallest absolute Gasteiger partial charge is 0.321 e. The van der Waals surface area contributed by atoms with Crippen LogP contribution in [-0.2, 0) is 12.6 Å². The molecule has 0 aliphatic carbocycles. The molecule has 0 saturated carbocycles. The third kappa shape index (κ3) is 3.42. The van der Waals surface area contributed by atoms with Crippen molar-refractivity contribution in [1.29, 1.82) is 0 Å². The Labute approximate surface area is 125 Å². The van der Waals surface area contributed by atoms with Crippen LogP contribution >= 0.6 is 0 Å². The number of aromatic nitrogens is 2. The molecule has 1 atom stereocenters. The van der Waals surface area contributed by atoms with Crippen LogP contribution in [0.5, 0.6) is 0 Å². The lowest BCUT2D eigenvalue weighted by Gasteiger charge is -2.30. The van der Waals surface area contributed by atoms with Crippen molar-refractivity contribution in [2.45, 2.75) is 32.7 Å². The second-order valence-corrected chi connectivity index (χ2v) is 5.43. The second kappa shape index (κ2) is 5.99. The molecule has 0 radical (unpaired) electrons. The van der Waals surface area contributed by atoms with Crippen LogP contribution in [0.1, 0.15) is 31.5 Å². The highest BCUT2D eigenvalue weighted by Gasteiger charge is 2.26. The van der Waals surface area contributed by atoms with Gasteiger partial charge in [-0.15, -0.1) is 0 Å². The number of nitrogens with zero attached hydrogens (tertiary/aromatic N) is 2. The molecule has 2 N–H and O–H groups in total. The molecule has 0 aliphatic heterocycles.